The van der Waals surface area contributed by atoms with Crippen LogP contribution in [0.1, 0.15) is 32.1 Å². The van der Waals surface area contributed by atoms with E-state index in [1.807, 2.05) is 30.3 Å². The lowest BCUT2D eigenvalue weighted by molar-refractivity contribution is 0.108. The monoisotopic (exact) mass is 233 g/mol. The van der Waals surface area contributed by atoms with Crippen molar-refractivity contribution < 1.29 is 4.74 Å². The van der Waals surface area contributed by atoms with Gasteiger partial charge >= 0.3 is 0 Å². The third kappa shape index (κ3) is 3.47. The van der Waals surface area contributed by atoms with Crippen LogP contribution in [-0.4, -0.2) is 20.2 Å². The minimum Gasteiger partial charge on any atom is -0.494 e. The highest BCUT2D eigenvalue weighted by Crippen LogP contribution is 2.44. The highest BCUT2D eigenvalue weighted by atomic mass is 16.5. The zero-order valence-corrected chi connectivity index (χ0v) is 10.7. The van der Waals surface area contributed by atoms with Gasteiger partial charge in [-0.1, -0.05) is 24.6 Å². The van der Waals surface area contributed by atoms with E-state index < -0.39 is 0 Å². The van der Waals surface area contributed by atoms with Gasteiger partial charge in [-0.3, -0.25) is 0 Å². The minimum atomic E-state index is 0.578. The maximum absolute atomic E-state index is 5.73. The van der Waals surface area contributed by atoms with Crippen molar-refractivity contribution in [3.63, 3.8) is 0 Å². The van der Waals surface area contributed by atoms with E-state index >= 15 is 0 Å². The largest absolute Gasteiger partial charge is 0.494 e. The number of benzene rings is 1. The number of ether oxygens (including phenoxy) is 1. The summed E-state index contributed by atoms with van der Waals surface area (Å²) in [6.07, 6.45) is 6.64. The second-order valence-electron chi connectivity index (χ2n) is 5.15. The van der Waals surface area contributed by atoms with Crippen LogP contribution < -0.4 is 10.1 Å². The Kier molecular flexibility index (Phi) is 4.43. The molecule has 0 atom stereocenters. The van der Waals surface area contributed by atoms with E-state index in [-0.39, 0.29) is 0 Å². The molecule has 0 heterocycles. The highest BCUT2D eigenvalue weighted by molar-refractivity contribution is 5.20. The molecule has 1 fully saturated rings. The van der Waals surface area contributed by atoms with E-state index in [4.69, 9.17) is 4.74 Å². The van der Waals surface area contributed by atoms with Crippen molar-refractivity contribution in [1.29, 1.82) is 0 Å². The first-order valence-electron chi connectivity index (χ1n) is 6.67. The van der Waals surface area contributed by atoms with Crippen LogP contribution in [0.3, 0.4) is 0 Å². The molecule has 1 aliphatic rings. The summed E-state index contributed by atoms with van der Waals surface area (Å²) < 4.78 is 5.73. The van der Waals surface area contributed by atoms with Gasteiger partial charge in [0.25, 0.3) is 0 Å². The SMILES string of the molecule is CNCC1(CCCOc2ccccc2)CCC1. The maximum atomic E-state index is 5.73. The molecule has 0 unspecified atom stereocenters. The Balaban J connectivity index is 1.66. The summed E-state index contributed by atoms with van der Waals surface area (Å²) in [5.74, 6) is 0.990. The summed E-state index contributed by atoms with van der Waals surface area (Å²) in [7, 11) is 2.06. The number of rotatable bonds is 7. The van der Waals surface area contributed by atoms with Gasteiger partial charge in [0.05, 0.1) is 6.61 Å². The Morgan fingerprint density at radius 2 is 2.00 bits per heavy atom. The molecule has 1 aromatic rings. The van der Waals surface area contributed by atoms with E-state index in [0.717, 1.165) is 18.8 Å². The Hall–Kier alpha value is -1.02. The van der Waals surface area contributed by atoms with Gasteiger partial charge in [-0.15, -0.1) is 0 Å². The molecule has 94 valence electrons. The Labute approximate surface area is 104 Å². The smallest absolute Gasteiger partial charge is 0.119 e. The first kappa shape index (κ1) is 12.4. The molecule has 0 bridgehead atoms. The van der Waals surface area contributed by atoms with Crippen LogP contribution >= 0.6 is 0 Å². The zero-order chi connectivity index (χ0) is 12.0. The molecule has 2 rings (SSSR count). The third-order valence-corrected chi connectivity index (χ3v) is 3.83. The lowest BCUT2D eigenvalue weighted by Crippen LogP contribution is -2.38. The molecule has 0 radical (unpaired) electrons. The molecule has 1 N–H and O–H groups in total. The summed E-state index contributed by atoms with van der Waals surface area (Å²) in [6.45, 7) is 2.01. The van der Waals surface area contributed by atoms with Crippen LogP contribution in [0.25, 0.3) is 0 Å². The normalized spacial score (nSPS) is 17.5. The van der Waals surface area contributed by atoms with E-state index in [2.05, 4.69) is 12.4 Å². The number of para-hydroxylation sites is 1. The topological polar surface area (TPSA) is 21.3 Å². The van der Waals surface area contributed by atoms with Gasteiger partial charge in [0.15, 0.2) is 0 Å². The van der Waals surface area contributed by atoms with Crippen molar-refractivity contribution >= 4 is 0 Å². The predicted octanol–water partition coefficient (Wildman–Crippen LogP) is 3.24. The Morgan fingerprint density at radius 3 is 2.59 bits per heavy atom. The molecule has 2 nitrogen and oxygen atoms in total. The van der Waals surface area contributed by atoms with Crippen molar-refractivity contribution in [2.24, 2.45) is 5.41 Å². The first-order valence-corrected chi connectivity index (χ1v) is 6.67. The van der Waals surface area contributed by atoms with Crippen molar-refractivity contribution in [2.45, 2.75) is 32.1 Å². The van der Waals surface area contributed by atoms with E-state index in [0.29, 0.717) is 5.41 Å². The van der Waals surface area contributed by atoms with Gasteiger partial charge in [0, 0.05) is 6.54 Å². The number of nitrogens with one attached hydrogen (secondary N) is 1. The van der Waals surface area contributed by atoms with Gasteiger partial charge in [-0.25, -0.2) is 0 Å². The standard InChI is InChI=1S/C15H23NO/c1-16-13-15(9-5-10-15)11-6-12-17-14-7-3-2-4-8-14/h2-4,7-8,16H,5-6,9-13H2,1H3. The predicted molar refractivity (Wildman–Crippen MR) is 71.4 cm³/mol. The minimum absolute atomic E-state index is 0.578. The van der Waals surface area contributed by atoms with E-state index in [9.17, 15) is 0 Å². The van der Waals surface area contributed by atoms with Crippen molar-refractivity contribution in [1.82, 2.24) is 5.32 Å². The van der Waals surface area contributed by atoms with Crippen LogP contribution in [0.4, 0.5) is 0 Å². The molecule has 1 aromatic carbocycles. The van der Waals surface area contributed by atoms with Crippen LogP contribution in [0.5, 0.6) is 5.75 Å². The molecular weight excluding hydrogens is 210 g/mol. The molecular formula is C15H23NO. The van der Waals surface area contributed by atoms with Crippen molar-refractivity contribution in [2.75, 3.05) is 20.2 Å². The summed E-state index contributed by atoms with van der Waals surface area (Å²) in [5, 5.41) is 3.33. The van der Waals surface area contributed by atoms with Crippen LogP contribution in [-0.2, 0) is 0 Å². The van der Waals surface area contributed by atoms with Crippen LogP contribution in [0.15, 0.2) is 30.3 Å². The molecule has 2 heteroatoms. The lowest BCUT2D eigenvalue weighted by Gasteiger charge is -2.42. The van der Waals surface area contributed by atoms with Gasteiger partial charge in [-0.05, 0) is 50.3 Å². The maximum Gasteiger partial charge on any atom is 0.119 e. The third-order valence-electron chi connectivity index (χ3n) is 3.83. The van der Waals surface area contributed by atoms with Crippen LogP contribution in [0.2, 0.25) is 0 Å². The Morgan fingerprint density at radius 1 is 1.24 bits per heavy atom. The van der Waals surface area contributed by atoms with Gasteiger partial charge < -0.3 is 10.1 Å². The van der Waals surface area contributed by atoms with Crippen LogP contribution in [0, 0.1) is 5.41 Å². The zero-order valence-electron chi connectivity index (χ0n) is 10.7. The molecule has 17 heavy (non-hydrogen) atoms. The number of hydrogen-bond donors (Lipinski definition) is 1. The molecule has 0 aliphatic heterocycles. The quantitative estimate of drug-likeness (QED) is 0.730. The fraction of sp³-hybridized carbons (Fsp3) is 0.600. The molecule has 0 saturated heterocycles. The highest BCUT2D eigenvalue weighted by Gasteiger charge is 2.35. The molecule has 0 amide bonds. The van der Waals surface area contributed by atoms with E-state index in [1.165, 1.54) is 32.2 Å². The second-order valence-corrected chi connectivity index (χ2v) is 5.15. The molecule has 1 saturated carbocycles. The van der Waals surface area contributed by atoms with Gasteiger partial charge in [-0.2, -0.15) is 0 Å². The first-order chi connectivity index (χ1) is 8.35. The summed E-state index contributed by atoms with van der Waals surface area (Å²) in [4.78, 5) is 0. The van der Waals surface area contributed by atoms with Crippen molar-refractivity contribution in [3.8, 4) is 5.75 Å². The summed E-state index contributed by atoms with van der Waals surface area (Å²) in [5.41, 5.74) is 0.578. The molecule has 0 aromatic heterocycles. The number of hydrogen-bond acceptors (Lipinski definition) is 2. The lowest BCUT2D eigenvalue weighted by atomic mass is 9.66. The fourth-order valence-corrected chi connectivity index (χ4v) is 2.72. The average molecular weight is 233 g/mol. The summed E-state index contributed by atoms with van der Waals surface area (Å²) >= 11 is 0. The summed E-state index contributed by atoms with van der Waals surface area (Å²) in [6, 6.07) is 10.1. The average Bonchev–Trinajstić information content (AvgIpc) is 2.32. The Bertz CT molecular complexity index is 319. The van der Waals surface area contributed by atoms with Gasteiger partial charge in [0.1, 0.15) is 5.75 Å². The molecule has 1 aliphatic carbocycles. The van der Waals surface area contributed by atoms with Crippen molar-refractivity contribution in [3.05, 3.63) is 30.3 Å². The fourth-order valence-electron chi connectivity index (χ4n) is 2.72. The van der Waals surface area contributed by atoms with Gasteiger partial charge in [0.2, 0.25) is 0 Å². The van der Waals surface area contributed by atoms with E-state index in [1.54, 1.807) is 0 Å². The second kappa shape index (κ2) is 6.06. The molecule has 0 spiro atoms.